The lowest BCUT2D eigenvalue weighted by Crippen LogP contribution is -2.52. The Kier molecular flexibility index (Phi) is 6.57. The fourth-order valence-electron chi connectivity index (χ4n) is 3.51. The van der Waals surface area contributed by atoms with E-state index in [0.717, 1.165) is 17.6 Å². The predicted molar refractivity (Wildman–Crippen MR) is 110 cm³/mol. The number of thiocarbonyl (C=S) groups is 1. The van der Waals surface area contributed by atoms with Crippen LogP contribution in [0.2, 0.25) is 0 Å². The zero-order valence-electron chi connectivity index (χ0n) is 15.2. The van der Waals surface area contributed by atoms with E-state index in [-0.39, 0.29) is 35.9 Å². The van der Waals surface area contributed by atoms with E-state index in [2.05, 4.69) is 21.8 Å². The standard InChI is InChI=1S/C17H21N7OS.ClH/c1-11-4-7-23(14(25)3-6-18)9-13(11)22(2)15-12-5-8-24(17(19)26)16(12)21-10-20-15;/h5,8,10-11,13H,3-4,7,9H2,1-2H3,(H2,19,26);1H/t11-,13+;/m1./s1. The summed E-state index contributed by atoms with van der Waals surface area (Å²) in [6.45, 7) is 3.43. The highest BCUT2D eigenvalue weighted by atomic mass is 35.5. The van der Waals surface area contributed by atoms with Gasteiger partial charge >= 0.3 is 0 Å². The van der Waals surface area contributed by atoms with Crippen molar-refractivity contribution >= 4 is 52.5 Å². The molecule has 0 bridgehead atoms. The van der Waals surface area contributed by atoms with Crippen molar-refractivity contribution in [3.63, 3.8) is 0 Å². The highest BCUT2D eigenvalue weighted by Gasteiger charge is 2.32. The maximum atomic E-state index is 12.1. The number of amides is 1. The summed E-state index contributed by atoms with van der Waals surface area (Å²) in [5, 5.41) is 9.88. The smallest absolute Gasteiger partial charge is 0.236 e. The van der Waals surface area contributed by atoms with E-state index < -0.39 is 0 Å². The lowest BCUT2D eigenvalue weighted by molar-refractivity contribution is -0.131. The molecule has 0 unspecified atom stereocenters. The molecule has 1 aliphatic rings. The third kappa shape index (κ3) is 3.96. The molecule has 0 saturated carbocycles. The number of carbonyl (C=O) groups excluding carboxylic acids is 1. The lowest BCUT2D eigenvalue weighted by Gasteiger charge is -2.42. The van der Waals surface area contributed by atoms with Crippen molar-refractivity contribution in [3.05, 3.63) is 18.6 Å². The summed E-state index contributed by atoms with van der Waals surface area (Å²) >= 11 is 5.06. The molecular formula is C17H22ClN7OS. The van der Waals surface area contributed by atoms with Crippen LogP contribution >= 0.6 is 24.6 Å². The average Bonchev–Trinajstić information content (AvgIpc) is 3.06. The third-order valence-electron chi connectivity index (χ3n) is 5.03. The van der Waals surface area contributed by atoms with Crippen molar-refractivity contribution in [1.29, 1.82) is 5.26 Å². The van der Waals surface area contributed by atoms with Crippen molar-refractivity contribution < 1.29 is 4.79 Å². The van der Waals surface area contributed by atoms with E-state index in [4.69, 9.17) is 23.2 Å². The van der Waals surface area contributed by atoms with Crippen LogP contribution in [0.3, 0.4) is 0 Å². The summed E-state index contributed by atoms with van der Waals surface area (Å²) in [4.78, 5) is 24.7. The number of carbonyl (C=O) groups is 1. The second kappa shape index (κ2) is 8.50. The van der Waals surface area contributed by atoms with Crippen LogP contribution in [0.5, 0.6) is 0 Å². The number of nitriles is 1. The topological polar surface area (TPSA) is 104 Å². The fraction of sp³-hybridized carbons (Fsp3) is 0.471. The number of rotatable bonds is 3. The molecule has 27 heavy (non-hydrogen) atoms. The van der Waals surface area contributed by atoms with Crippen LogP contribution in [0.4, 0.5) is 5.82 Å². The molecule has 8 nitrogen and oxygen atoms in total. The molecule has 0 aromatic carbocycles. The van der Waals surface area contributed by atoms with Gasteiger partial charge in [-0.1, -0.05) is 6.92 Å². The second-order valence-corrected chi connectivity index (χ2v) is 7.00. The number of piperidine rings is 1. The van der Waals surface area contributed by atoms with Gasteiger partial charge in [0, 0.05) is 26.3 Å². The average molecular weight is 408 g/mol. The van der Waals surface area contributed by atoms with Gasteiger partial charge in [0.1, 0.15) is 18.6 Å². The molecule has 1 saturated heterocycles. The van der Waals surface area contributed by atoms with Gasteiger partial charge in [-0.3, -0.25) is 9.36 Å². The summed E-state index contributed by atoms with van der Waals surface area (Å²) < 4.78 is 1.65. The Morgan fingerprint density at radius 3 is 2.93 bits per heavy atom. The van der Waals surface area contributed by atoms with Crippen molar-refractivity contribution in [2.24, 2.45) is 11.7 Å². The van der Waals surface area contributed by atoms with Gasteiger partial charge in [0.25, 0.3) is 0 Å². The molecule has 1 fully saturated rings. The Balaban J connectivity index is 0.00000261. The molecule has 2 aromatic heterocycles. The quantitative estimate of drug-likeness (QED) is 0.769. The minimum Gasteiger partial charge on any atom is -0.376 e. The number of likely N-dealkylation sites (N-methyl/N-ethyl adjacent to an activating group) is 1. The lowest BCUT2D eigenvalue weighted by atomic mass is 9.92. The van der Waals surface area contributed by atoms with Crippen LogP contribution in [0.1, 0.15) is 19.8 Å². The van der Waals surface area contributed by atoms with E-state index in [1.807, 2.05) is 19.2 Å². The van der Waals surface area contributed by atoms with Crippen LogP contribution in [0.25, 0.3) is 11.0 Å². The van der Waals surface area contributed by atoms with Gasteiger partial charge in [-0.25, -0.2) is 9.97 Å². The first-order valence-electron chi connectivity index (χ1n) is 8.43. The number of hydrogen-bond donors (Lipinski definition) is 1. The zero-order valence-corrected chi connectivity index (χ0v) is 16.8. The van der Waals surface area contributed by atoms with Gasteiger partial charge in [0.15, 0.2) is 10.8 Å². The third-order valence-corrected chi connectivity index (χ3v) is 5.23. The van der Waals surface area contributed by atoms with Crippen molar-refractivity contribution in [2.75, 3.05) is 25.0 Å². The number of nitrogens with zero attached hydrogens (tertiary/aromatic N) is 6. The molecule has 144 valence electrons. The summed E-state index contributed by atoms with van der Waals surface area (Å²) in [7, 11) is 1.97. The summed E-state index contributed by atoms with van der Waals surface area (Å²) in [5.74, 6) is 1.04. The van der Waals surface area contributed by atoms with Crippen molar-refractivity contribution in [3.8, 4) is 6.07 Å². The normalized spacial score (nSPS) is 19.2. The van der Waals surface area contributed by atoms with Crippen LogP contribution in [0, 0.1) is 17.2 Å². The molecule has 1 aliphatic heterocycles. The maximum Gasteiger partial charge on any atom is 0.236 e. The Hall–Kier alpha value is -2.44. The Labute approximate surface area is 169 Å². The fourth-order valence-corrected chi connectivity index (χ4v) is 3.66. The Morgan fingerprint density at radius 1 is 1.52 bits per heavy atom. The molecular weight excluding hydrogens is 386 g/mol. The first kappa shape index (κ1) is 20.9. The molecule has 0 aliphatic carbocycles. The van der Waals surface area contributed by atoms with Crippen LogP contribution in [0.15, 0.2) is 18.6 Å². The van der Waals surface area contributed by atoms with Gasteiger partial charge in [-0.2, -0.15) is 5.26 Å². The number of fused-ring (bicyclic) bond motifs is 1. The van der Waals surface area contributed by atoms with E-state index >= 15 is 0 Å². The van der Waals surface area contributed by atoms with Gasteiger partial charge in [0.2, 0.25) is 5.91 Å². The molecule has 10 heteroatoms. The molecule has 3 rings (SSSR count). The van der Waals surface area contributed by atoms with E-state index in [9.17, 15) is 4.79 Å². The number of likely N-dealkylation sites (tertiary alicyclic amines) is 1. The molecule has 1 amide bonds. The monoisotopic (exact) mass is 407 g/mol. The molecule has 2 N–H and O–H groups in total. The van der Waals surface area contributed by atoms with Crippen molar-refractivity contribution in [1.82, 2.24) is 19.4 Å². The molecule has 2 aromatic rings. The number of nitrogens with two attached hydrogens (primary N) is 1. The Morgan fingerprint density at radius 2 is 2.26 bits per heavy atom. The largest absolute Gasteiger partial charge is 0.376 e. The van der Waals surface area contributed by atoms with Crippen molar-refractivity contribution in [2.45, 2.75) is 25.8 Å². The van der Waals surface area contributed by atoms with Crippen LogP contribution < -0.4 is 10.6 Å². The van der Waals surface area contributed by atoms with Gasteiger partial charge in [-0.15, -0.1) is 12.4 Å². The minimum atomic E-state index is -0.120. The van der Waals surface area contributed by atoms with Crippen LogP contribution in [-0.4, -0.2) is 56.6 Å². The molecule has 3 heterocycles. The van der Waals surface area contributed by atoms with E-state index in [1.54, 1.807) is 15.7 Å². The van der Waals surface area contributed by atoms with E-state index in [1.165, 1.54) is 6.33 Å². The summed E-state index contributed by atoms with van der Waals surface area (Å²) in [6.07, 6.45) is 4.08. The van der Waals surface area contributed by atoms with Gasteiger partial charge in [0.05, 0.1) is 17.5 Å². The summed E-state index contributed by atoms with van der Waals surface area (Å²) in [5.41, 5.74) is 6.41. The zero-order chi connectivity index (χ0) is 18.8. The first-order valence-corrected chi connectivity index (χ1v) is 8.84. The minimum absolute atomic E-state index is 0. The Bertz CT molecular complexity index is 893. The van der Waals surface area contributed by atoms with Crippen LogP contribution in [-0.2, 0) is 4.79 Å². The first-order chi connectivity index (χ1) is 12.4. The second-order valence-electron chi connectivity index (χ2n) is 6.58. The number of hydrogen-bond acceptors (Lipinski definition) is 6. The summed E-state index contributed by atoms with van der Waals surface area (Å²) in [6, 6.07) is 3.93. The maximum absolute atomic E-state index is 12.1. The predicted octanol–water partition coefficient (Wildman–Crippen LogP) is 1.53. The molecule has 2 atom stereocenters. The highest BCUT2D eigenvalue weighted by molar-refractivity contribution is 7.80. The highest BCUT2D eigenvalue weighted by Crippen LogP contribution is 2.29. The molecule has 0 spiro atoms. The van der Waals surface area contributed by atoms with Gasteiger partial charge in [-0.05, 0) is 30.6 Å². The van der Waals surface area contributed by atoms with Gasteiger partial charge < -0.3 is 15.5 Å². The number of aromatic nitrogens is 3. The van der Waals surface area contributed by atoms with E-state index in [0.29, 0.717) is 24.7 Å². The number of halogens is 1. The number of anilines is 1. The SMILES string of the molecule is C[C@@H]1CCN(C(=O)CC#N)C[C@@H]1N(C)c1ncnc2c1ccn2C(N)=S.Cl. The molecule has 0 radical (unpaired) electrons.